The van der Waals surface area contributed by atoms with Crippen LogP contribution in [0.4, 0.5) is 0 Å². The first-order valence-corrected chi connectivity index (χ1v) is 28.1. The van der Waals surface area contributed by atoms with Gasteiger partial charge in [-0.05, 0) is 89.9 Å². The van der Waals surface area contributed by atoms with Crippen LogP contribution in [0.1, 0.15) is 265 Å². The Morgan fingerprint density at radius 2 is 0.582 bits per heavy atom. The van der Waals surface area contributed by atoms with Crippen molar-refractivity contribution in [2.24, 2.45) is 0 Å². The minimum atomic E-state index is -0.788. The zero-order valence-corrected chi connectivity index (χ0v) is 43.9. The van der Waals surface area contributed by atoms with E-state index >= 15 is 0 Å². The lowest BCUT2D eigenvalue weighted by atomic mass is 10.0. The van der Waals surface area contributed by atoms with Crippen LogP contribution >= 0.6 is 0 Å². The second-order valence-electron chi connectivity index (χ2n) is 18.4. The van der Waals surface area contributed by atoms with Crippen molar-refractivity contribution in [1.82, 2.24) is 0 Å². The Hall–Kier alpha value is -3.41. The summed E-state index contributed by atoms with van der Waals surface area (Å²) in [6.07, 6.45) is 71.7. The maximum absolute atomic E-state index is 12.8. The summed E-state index contributed by atoms with van der Waals surface area (Å²) in [6, 6.07) is 0. The lowest BCUT2D eigenvalue weighted by Gasteiger charge is -2.18. The highest BCUT2D eigenvalue weighted by Crippen LogP contribution is 2.16. The van der Waals surface area contributed by atoms with Gasteiger partial charge in [-0.15, -0.1) is 0 Å². The summed E-state index contributed by atoms with van der Waals surface area (Å²) in [5, 5.41) is 0. The zero-order valence-electron chi connectivity index (χ0n) is 43.9. The Morgan fingerprint density at radius 1 is 0.313 bits per heavy atom. The fourth-order valence-corrected chi connectivity index (χ4v) is 7.74. The second-order valence-corrected chi connectivity index (χ2v) is 18.4. The highest BCUT2D eigenvalue weighted by atomic mass is 16.6. The molecule has 0 spiro atoms. The molecule has 0 aromatic heterocycles. The van der Waals surface area contributed by atoms with Crippen molar-refractivity contribution in [1.29, 1.82) is 0 Å². The molecule has 0 radical (unpaired) electrons. The maximum Gasteiger partial charge on any atom is 0.306 e. The summed E-state index contributed by atoms with van der Waals surface area (Å²) in [5.41, 5.74) is 0. The number of rotatable bonds is 50. The molecule has 1 atom stereocenters. The number of esters is 3. The molecule has 0 saturated heterocycles. The molecule has 0 rings (SSSR count). The molecule has 0 amide bonds. The van der Waals surface area contributed by atoms with E-state index in [-0.39, 0.29) is 31.1 Å². The normalized spacial score (nSPS) is 12.7. The maximum atomic E-state index is 12.8. The molecule has 0 N–H and O–H groups in total. The average molecular weight is 933 g/mol. The predicted octanol–water partition coefficient (Wildman–Crippen LogP) is 18.8. The standard InChI is InChI=1S/C61H104O6/c1-4-7-10-13-16-19-21-23-24-25-26-27-28-29-30-31-32-33-34-35-36-38-39-42-45-48-51-54-60(63)66-57-58(56-65-59(62)53-50-47-44-41-18-15-12-9-6-3)67-61(64)55-52-49-46-43-40-37-22-20-17-14-11-8-5-2/h7-8,10-11,16-17,19-20,23-24,26-27,37,40,58H,4-6,9,12-15,18,21-22,25,28-36,38-39,41-57H2,1-3H3/b10-7-,11-8-,19-16-,20-17-,24-23-,27-26-,40-37-. The van der Waals surface area contributed by atoms with Gasteiger partial charge in [-0.3, -0.25) is 14.4 Å². The van der Waals surface area contributed by atoms with Gasteiger partial charge in [0.25, 0.3) is 0 Å². The first-order valence-electron chi connectivity index (χ1n) is 28.1. The number of hydrogen-bond donors (Lipinski definition) is 0. The number of unbranched alkanes of at least 4 members (excludes halogenated alkanes) is 25. The van der Waals surface area contributed by atoms with Crippen molar-refractivity contribution in [2.45, 2.75) is 271 Å². The number of carbonyl (C=O) groups excluding carboxylic acids is 3. The van der Waals surface area contributed by atoms with Crippen LogP contribution in [0.15, 0.2) is 85.1 Å². The monoisotopic (exact) mass is 933 g/mol. The van der Waals surface area contributed by atoms with Gasteiger partial charge in [-0.1, -0.05) is 241 Å². The molecule has 0 heterocycles. The van der Waals surface area contributed by atoms with E-state index in [0.717, 1.165) is 109 Å². The van der Waals surface area contributed by atoms with E-state index in [9.17, 15) is 14.4 Å². The fraction of sp³-hybridized carbons (Fsp3) is 0.721. The third-order valence-corrected chi connectivity index (χ3v) is 11.9. The van der Waals surface area contributed by atoms with Gasteiger partial charge < -0.3 is 14.2 Å². The van der Waals surface area contributed by atoms with E-state index in [0.29, 0.717) is 19.3 Å². The molecule has 0 saturated carbocycles. The molecule has 0 bridgehead atoms. The van der Waals surface area contributed by atoms with Crippen LogP contribution in [0, 0.1) is 0 Å². The number of carbonyl (C=O) groups is 3. The van der Waals surface area contributed by atoms with E-state index in [1.165, 1.54) is 116 Å². The van der Waals surface area contributed by atoms with Crippen molar-refractivity contribution in [3.05, 3.63) is 85.1 Å². The minimum Gasteiger partial charge on any atom is -0.462 e. The van der Waals surface area contributed by atoms with Crippen molar-refractivity contribution in [3.8, 4) is 0 Å². The summed E-state index contributed by atoms with van der Waals surface area (Å²) in [5.74, 6) is -0.916. The van der Waals surface area contributed by atoms with Crippen molar-refractivity contribution < 1.29 is 28.6 Å². The Morgan fingerprint density at radius 3 is 0.925 bits per heavy atom. The van der Waals surface area contributed by atoms with Crippen LogP contribution in [0.5, 0.6) is 0 Å². The zero-order chi connectivity index (χ0) is 48.6. The van der Waals surface area contributed by atoms with Gasteiger partial charge in [-0.25, -0.2) is 0 Å². The first-order chi connectivity index (χ1) is 33.0. The van der Waals surface area contributed by atoms with Crippen LogP contribution < -0.4 is 0 Å². The van der Waals surface area contributed by atoms with E-state index in [1.807, 2.05) is 0 Å². The van der Waals surface area contributed by atoms with E-state index < -0.39 is 6.10 Å². The Kier molecular flexibility index (Phi) is 52.4. The Balaban J connectivity index is 4.17. The molecular weight excluding hydrogens is 829 g/mol. The lowest BCUT2D eigenvalue weighted by Crippen LogP contribution is -2.30. The molecule has 0 aliphatic carbocycles. The topological polar surface area (TPSA) is 78.9 Å². The van der Waals surface area contributed by atoms with Crippen molar-refractivity contribution in [3.63, 3.8) is 0 Å². The van der Waals surface area contributed by atoms with Gasteiger partial charge in [-0.2, -0.15) is 0 Å². The molecule has 0 aliphatic heterocycles. The van der Waals surface area contributed by atoms with Crippen LogP contribution in [0.3, 0.4) is 0 Å². The minimum absolute atomic E-state index is 0.0861. The first kappa shape index (κ1) is 63.6. The number of allylic oxidation sites excluding steroid dienone is 14. The summed E-state index contributed by atoms with van der Waals surface area (Å²) in [4.78, 5) is 37.9. The molecule has 67 heavy (non-hydrogen) atoms. The number of ether oxygens (including phenoxy) is 3. The van der Waals surface area contributed by atoms with Crippen molar-refractivity contribution >= 4 is 17.9 Å². The lowest BCUT2D eigenvalue weighted by molar-refractivity contribution is -0.167. The quantitative estimate of drug-likeness (QED) is 0.0262. The van der Waals surface area contributed by atoms with Gasteiger partial charge in [0.2, 0.25) is 0 Å². The van der Waals surface area contributed by atoms with Crippen LogP contribution in [-0.4, -0.2) is 37.2 Å². The molecular formula is C61H104O6. The summed E-state index contributed by atoms with van der Waals surface area (Å²) >= 11 is 0. The Bertz CT molecular complexity index is 1300. The van der Waals surface area contributed by atoms with Gasteiger partial charge in [0.1, 0.15) is 13.2 Å². The molecule has 0 aliphatic rings. The molecule has 384 valence electrons. The molecule has 0 aromatic carbocycles. The van der Waals surface area contributed by atoms with Crippen molar-refractivity contribution in [2.75, 3.05) is 13.2 Å². The summed E-state index contributed by atoms with van der Waals surface area (Å²) < 4.78 is 16.8. The van der Waals surface area contributed by atoms with Gasteiger partial charge in [0, 0.05) is 19.3 Å². The Labute approximate surface area is 414 Å². The smallest absolute Gasteiger partial charge is 0.306 e. The SMILES string of the molecule is CC/C=C\C/C=C\C/C=C\C/C=C\CCCCCCCCCCCCCCCCC(=O)OCC(COC(=O)CCCCCCCCCCC)OC(=O)CCCCC/C=C\C/C=C\C/C=C\CC. The largest absolute Gasteiger partial charge is 0.462 e. The molecule has 6 nitrogen and oxygen atoms in total. The summed E-state index contributed by atoms with van der Waals surface area (Å²) in [7, 11) is 0. The average Bonchev–Trinajstić information content (AvgIpc) is 3.33. The van der Waals surface area contributed by atoms with Crippen LogP contribution in [0.25, 0.3) is 0 Å². The fourth-order valence-electron chi connectivity index (χ4n) is 7.74. The third-order valence-electron chi connectivity index (χ3n) is 11.9. The van der Waals surface area contributed by atoms with Gasteiger partial charge in [0.05, 0.1) is 0 Å². The van der Waals surface area contributed by atoms with Crippen LogP contribution in [-0.2, 0) is 28.6 Å². The molecule has 0 fully saturated rings. The van der Waals surface area contributed by atoms with Gasteiger partial charge >= 0.3 is 17.9 Å². The predicted molar refractivity (Wildman–Crippen MR) is 288 cm³/mol. The highest BCUT2D eigenvalue weighted by molar-refractivity contribution is 5.71. The van der Waals surface area contributed by atoms with Gasteiger partial charge in [0.15, 0.2) is 6.10 Å². The van der Waals surface area contributed by atoms with E-state index in [2.05, 4.69) is 106 Å². The van der Waals surface area contributed by atoms with Crippen LogP contribution in [0.2, 0.25) is 0 Å². The van der Waals surface area contributed by atoms with E-state index in [4.69, 9.17) is 14.2 Å². The second kappa shape index (κ2) is 55.2. The highest BCUT2D eigenvalue weighted by Gasteiger charge is 2.19. The molecule has 0 aromatic rings. The molecule has 6 heteroatoms. The van der Waals surface area contributed by atoms with E-state index in [1.54, 1.807) is 0 Å². The number of hydrogen-bond acceptors (Lipinski definition) is 6. The third kappa shape index (κ3) is 53.4. The molecule has 1 unspecified atom stereocenters. The summed E-state index contributed by atoms with van der Waals surface area (Å²) in [6.45, 7) is 6.37.